The molecule has 0 aromatic carbocycles. The summed E-state index contributed by atoms with van der Waals surface area (Å²) in [6.07, 6.45) is 6.12. The van der Waals surface area contributed by atoms with Crippen LogP contribution >= 0.6 is 0 Å². The first-order valence-electron chi connectivity index (χ1n) is 7.36. The average molecular weight is 265 g/mol. The van der Waals surface area contributed by atoms with Gasteiger partial charge in [0.1, 0.15) is 0 Å². The van der Waals surface area contributed by atoms with Crippen molar-refractivity contribution in [3.63, 3.8) is 0 Å². The van der Waals surface area contributed by atoms with E-state index in [-0.39, 0.29) is 12.1 Å². The van der Waals surface area contributed by atoms with E-state index in [2.05, 4.69) is 22.4 Å². The van der Waals surface area contributed by atoms with Gasteiger partial charge in [0, 0.05) is 19.6 Å². The molecule has 106 valence electrons. The first-order valence-corrected chi connectivity index (χ1v) is 7.36. The van der Waals surface area contributed by atoms with Crippen LogP contribution in [0.5, 0.6) is 0 Å². The summed E-state index contributed by atoms with van der Waals surface area (Å²) in [4.78, 5) is 4.61. The molecule has 1 aromatic heterocycles. The molecule has 1 N–H and O–H groups in total. The van der Waals surface area contributed by atoms with Gasteiger partial charge in [-0.1, -0.05) is 24.9 Å². The number of aromatic nitrogens is 2. The van der Waals surface area contributed by atoms with Crippen LogP contribution < -0.4 is 5.32 Å². The van der Waals surface area contributed by atoms with Crippen molar-refractivity contribution in [2.24, 2.45) is 5.92 Å². The molecule has 1 saturated carbocycles. The lowest BCUT2D eigenvalue weighted by Crippen LogP contribution is -2.16. The fourth-order valence-electron chi connectivity index (χ4n) is 3.14. The summed E-state index contributed by atoms with van der Waals surface area (Å²) in [5.74, 6) is 2.98. The van der Waals surface area contributed by atoms with E-state index in [1.807, 2.05) is 0 Å². The quantitative estimate of drug-likeness (QED) is 0.909. The van der Waals surface area contributed by atoms with Crippen molar-refractivity contribution >= 4 is 0 Å². The number of hydrogen-bond acceptors (Lipinski definition) is 5. The fraction of sp³-hybridized carbons (Fsp3) is 0.857. The number of rotatable bonds is 3. The molecule has 2 aliphatic rings. The summed E-state index contributed by atoms with van der Waals surface area (Å²) >= 11 is 0. The lowest BCUT2D eigenvalue weighted by Gasteiger charge is -2.23. The van der Waals surface area contributed by atoms with Crippen LogP contribution in [0.15, 0.2) is 4.52 Å². The number of nitrogens with zero attached hydrogens (tertiary/aromatic N) is 2. The number of hydrogen-bond donors (Lipinski definition) is 1. The molecule has 1 saturated heterocycles. The molecule has 0 bridgehead atoms. The van der Waals surface area contributed by atoms with E-state index in [1.54, 1.807) is 7.11 Å². The van der Waals surface area contributed by atoms with Gasteiger partial charge in [0.2, 0.25) is 5.89 Å². The Morgan fingerprint density at radius 2 is 2.05 bits per heavy atom. The van der Waals surface area contributed by atoms with Gasteiger partial charge < -0.3 is 14.6 Å². The maximum Gasteiger partial charge on any atom is 0.243 e. The Hall–Kier alpha value is -0.940. The summed E-state index contributed by atoms with van der Waals surface area (Å²) in [5, 5.41) is 7.57. The Balaban J connectivity index is 1.63. The third-order valence-electron chi connectivity index (χ3n) is 4.56. The smallest absolute Gasteiger partial charge is 0.243 e. The van der Waals surface area contributed by atoms with Gasteiger partial charge in [-0.2, -0.15) is 4.98 Å². The van der Waals surface area contributed by atoms with Gasteiger partial charge in [0.25, 0.3) is 0 Å². The SMILES string of the molecule is CO[C@@H]1CN[C@@H](c2nc(C3CCC(C)CC3)no2)C1. The normalized spacial score (nSPS) is 35.7. The van der Waals surface area contributed by atoms with Crippen LogP contribution in [0.1, 0.15) is 62.7 Å². The number of methoxy groups -OCH3 is 1. The second-order valence-electron chi connectivity index (χ2n) is 6.00. The minimum absolute atomic E-state index is 0.161. The van der Waals surface area contributed by atoms with Crippen molar-refractivity contribution in [2.45, 2.75) is 57.1 Å². The molecule has 5 heteroatoms. The van der Waals surface area contributed by atoms with Crippen molar-refractivity contribution in [1.82, 2.24) is 15.5 Å². The first-order chi connectivity index (χ1) is 9.26. The molecular weight excluding hydrogens is 242 g/mol. The van der Waals surface area contributed by atoms with Crippen molar-refractivity contribution < 1.29 is 9.26 Å². The zero-order chi connectivity index (χ0) is 13.2. The van der Waals surface area contributed by atoms with E-state index < -0.39 is 0 Å². The Labute approximate surface area is 114 Å². The van der Waals surface area contributed by atoms with Crippen molar-refractivity contribution in [3.8, 4) is 0 Å². The highest BCUT2D eigenvalue weighted by Gasteiger charge is 2.31. The molecule has 1 aliphatic carbocycles. The summed E-state index contributed by atoms with van der Waals surface area (Å²) in [5.41, 5.74) is 0. The highest BCUT2D eigenvalue weighted by molar-refractivity contribution is 5.02. The topological polar surface area (TPSA) is 60.2 Å². The van der Waals surface area contributed by atoms with Gasteiger partial charge in [0.15, 0.2) is 5.82 Å². The van der Waals surface area contributed by atoms with Gasteiger partial charge in [-0.05, 0) is 25.2 Å². The molecule has 0 spiro atoms. The zero-order valence-corrected chi connectivity index (χ0v) is 11.8. The van der Waals surface area contributed by atoms with E-state index in [0.29, 0.717) is 5.92 Å². The minimum atomic E-state index is 0.161. The summed E-state index contributed by atoms with van der Waals surface area (Å²) < 4.78 is 10.8. The first kappa shape index (κ1) is 13.1. The van der Waals surface area contributed by atoms with Gasteiger partial charge in [-0.15, -0.1) is 0 Å². The van der Waals surface area contributed by atoms with Crippen LogP contribution in [0.4, 0.5) is 0 Å². The van der Waals surface area contributed by atoms with Crippen molar-refractivity contribution in [2.75, 3.05) is 13.7 Å². The standard InChI is InChI=1S/C14H23N3O2/c1-9-3-5-10(6-4-9)13-16-14(19-17-13)12-7-11(18-2)8-15-12/h9-12,15H,3-8H2,1-2H3/t9?,10?,11-,12+/m0/s1. The van der Waals surface area contributed by atoms with E-state index in [4.69, 9.17) is 9.26 Å². The van der Waals surface area contributed by atoms with E-state index >= 15 is 0 Å². The zero-order valence-electron chi connectivity index (χ0n) is 11.8. The van der Waals surface area contributed by atoms with Crippen LogP contribution in [0.25, 0.3) is 0 Å². The van der Waals surface area contributed by atoms with E-state index in [9.17, 15) is 0 Å². The number of nitrogens with one attached hydrogen (secondary N) is 1. The molecule has 1 aliphatic heterocycles. The monoisotopic (exact) mass is 265 g/mol. The van der Waals surface area contributed by atoms with Crippen LogP contribution in [0, 0.1) is 5.92 Å². The maximum atomic E-state index is 5.44. The molecule has 2 fully saturated rings. The highest BCUT2D eigenvalue weighted by Crippen LogP contribution is 2.35. The molecular formula is C14H23N3O2. The highest BCUT2D eigenvalue weighted by atomic mass is 16.5. The van der Waals surface area contributed by atoms with Crippen LogP contribution in [-0.4, -0.2) is 29.9 Å². The molecule has 0 radical (unpaired) electrons. The number of ether oxygens (including phenoxy) is 1. The predicted octanol–water partition coefficient (Wildman–Crippen LogP) is 2.41. The largest absolute Gasteiger partial charge is 0.380 e. The lowest BCUT2D eigenvalue weighted by molar-refractivity contribution is 0.116. The van der Waals surface area contributed by atoms with Crippen molar-refractivity contribution in [3.05, 3.63) is 11.7 Å². The van der Waals surface area contributed by atoms with Crippen molar-refractivity contribution in [1.29, 1.82) is 0 Å². The lowest BCUT2D eigenvalue weighted by atomic mass is 9.83. The molecule has 5 nitrogen and oxygen atoms in total. The van der Waals surface area contributed by atoms with Crippen LogP contribution in [0.2, 0.25) is 0 Å². The van der Waals surface area contributed by atoms with Gasteiger partial charge in [-0.3, -0.25) is 0 Å². The fourth-order valence-corrected chi connectivity index (χ4v) is 3.14. The molecule has 2 atom stereocenters. The summed E-state index contributed by atoms with van der Waals surface area (Å²) in [6, 6.07) is 0.161. The minimum Gasteiger partial charge on any atom is -0.380 e. The second kappa shape index (κ2) is 5.59. The average Bonchev–Trinajstić information content (AvgIpc) is 3.08. The van der Waals surface area contributed by atoms with Crippen LogP contribution in [0.3, 0.4) is 0 Å². The second-order valence-corrected chi connectivity index (χ2v) is 6.00. The maximum absolute atomic E-state index is 5.44. The Morgan fingerprint density at radius 3 is 2.74 bits per heavy atom. The molecule has 2 heterocycles. The third kappa shape index (κ3) is 2.82. The van der Waals surface area contributed by atoms with Gasteiger partial charge >= 0.3 is 0 Å². The van der Waals surface area contributed by atoms with E-state index in [1.165, 1.54) is 25.7 Å². The molecule has 0 unspecified atom stereocenters. The van der Waals surface area contributed by atoms with Gasteiger partial charge in [-0.25, -0.2) is 0 Å². The Morgan fingerprint density at radius 1 is 1.26 bits per heavy atom. The molecule has 19 heavy (non-hydrogen) atoms. The van der Waals surface area contributed by atoms with Crippen LogP contribution in [-0.2, 0) is 4.74 Å². The molecule has 1 aromatic rings. The van der Waals surface area contributed by atoms with E-state index in [0.717, 1.165) is 30.6 Å². The predicted molar refractivity (Wildman–Crippen MR) is 70.8 cm³/mol. The molecule has 3 rings (SSSR count). The molecule has 0 amide bonds. The summed E-state index contributed by atoms with van der Waals surface area (Å²) in [6.45, 7) is 3.19. The third-order valence-corrected chi connectivity index (χ3v) is 4.56. The van der Waals surface area contributed by atoms with Gasteiger partial charge in [0.05, 0.1) is 12.1 Å². The Bertz CT molecular complexity index is 396. The summed E-state index contributed by atoms with van der Waals surface area (Å²) in [7, 11) is 1.75. The Kier molecular flexibility index (Phi) is 3.84.